The molecule has 1 aliphatic rings. The third kappa shape index (κ3) is 5.36. The summed E-state index contributed by atoms with van der Waals surface area (Å²) in [6.07, 6.45) is 4.90. The molecular weight excluding hydrogens is 238 g/mol. The predicted molar refractivity (Wildman–Crippen MR) is 69.2 cm³/mol. The zero-order valence-corrected chi connectivity index (χ0v) is 11.9. The standard InChI is InChI=1S/C12H25NO3S/c1-10(7-11(2)14)8-12-5-4-6-13(9-12)17(3,15)16/h10-12,14H,4-9H2,1-3H3. The first-order valence-corrected chi connectivity index (χ1v) is 8.27. The van der Waals surface area contributed by atoms with Gasteiger partial charge in [-0.1, -0.05) is 6.92 Å². The number of hydrogen-bond acceptors (Lipinski definition) is 3. The van der Waals surface area contributed by atoms with E-state index in [1.165, 1.54) is 6.26 Å². The van der Waals surface area contributed by atoms with Gasteiger partial charge in [-0.05, 0) is 44.4 Å². The largest absolute Gasteiger partial charge is 0.393 e. The molecule has 1 aliphatic heterocycles. The van der Waals surface area contributed by atoms with Crippen molar-refractivity contribution in [2.45, 2.75) is 45.6 Å². The Morgan fingerprint density at radius 1 is 1.41 bits per heavy atom. The molecule has 1 saturated heterocycles. The Morgan fingerprint density at radius 2 is 2.06 bits per heavy atom. The number of aliphatic hydroxyl groups excluding tert-OH is 1. The van der Waals surface area contributed by atoms with Gasteiger partial charge in [0, 0.05) is 13.1 Å². The summed E-state index contributed by atoms with van der Waals surface area (Å²) in [5.41, 5.74) is 0. The zero-order chi connectivity index (χ0) is 13.1. The van der Waals surface area contributed by atoms with E-state index in [1.54, 1.807) is 11.2 Å². The van der Waals surface area contributed by atoms with Crippen LogP contribution < -0.4 is 0 Å². The molecule has 1 rings (SSSR count). The number of piperidine rings is 1. The molecule has 102 valence electrons. The van der Waals surface area contributed by atoms with Gasteiger partial charge in [0.15, 0.2) is 0 Å². The molecule has 3 atom stereocenters. The Labute approximate surface area is 105 Å². The molecule has 0 aromatic carbocycles. The van der Waals surface area contributed by atoms with Crippen LogP contribution in [0, 0.1) is 11.8 Å². The van der Waals surface area contributed by atoms with Gasteiger partial charge in [0.1, 0.15) is 0 Å². The predicted octanol–water partition coefficient (Wildman–Crippen LogP) is 1.46. The lowest BCUT2D eigenvalue weighted by molar-refractivity contribution is 0.148. The van der Waals surface area contributed by atoms with E-state index in [1.807, 2.05) is 0 Å². The number of nitrogens with zero attached hydrogens (tertiary/aromatic N) is 1. The molecule has 17 heavy (non-hydrogen) atoms. The van der Waals surface area contributed by atoms with Crippen LogP contribution in [-0.4, -0.2) is 43.3 Å². The topological polar surface area (TPSA) is 57.6 Å². The van der Waals surface area contributed by atoms with Crippen molar-refractivity contribution in [1.29, 1.82) is 0 Å². The molecule has 0 aliphatic carbocycles. The number of hydrogen-bond donors (Lipinski definition) is 1. The summed E-state index contributed by atoms with van der Waals surface area (Å²) in [7, 11) is -3.03. The minimum atomic E-state index is -3.03. The van der Waals surface area contributed by atoms with Gasteiger partial charge in [-0.2, -0.15) is 0 Å². The van der Waals surface area contributed by atoms with E-state index in [9.17, 15) is 13.5 Å². The first kappa shape index (κ1) is 14.9. The first-order chi connectivity index (χ1) is 7.79. The van der Waals surface area contributed by atoms with Crippen molar-refractivity contribution < 1.29 is 13.5 Å². The van der Waals surface area contributed by atoms with Gasteiger partial charge in [0.05, 0.1) is 12.4 Å². The van der Waals surface area contributed by atoms with Crippen LogP contribution in [0.5, 0.6) is 0 Å². The molecule has 0 aromatic heterocycles. The van der Waals surface area contributed by atoms with E-state index in [4.69, 9.17) is 0 Å². The highest BCUT2D eigenvalue weighted by Gasteiger charge is 2.26. The van der Waals surface area contributed by atoms with Gasteiger partial charge >= 0.3 is 0 Å². The molecule has 0 spiro atoms. The summed E-state index contributed by atoms with van der Waals surface area (Å²) in [6.45, 7) is 5.26. The highest BCUT2D eigenvalue weighted by Crippen LogP contribution is 2.26. The van der Waals surface area contributed by atoms with E-state index < -0.39 is 10.0 Å². The fourth-order valence-corrected chi connectivity index (χ4v) is 3.71. The van der Waals surface area contributed by atoms with Crippen LogP contribution in [0.15, 0.2) is 0 Å². The summed E-state index contributed by atoms with van der Waals surface area (Å²) >= 11 is 0. The van der Waals surface area contributed by atoms with E-state index in [0.717, 1.165) is 25.7 Å². The maximum Gasteiger partial charge on any atom is 0.211 e. The van der Waals surface area contributed by atoms with Crippen LogP contribution in [0.2, 0.25) is 0 Å². The van der Waals surface area contributed by atoms with E-state index in [2.05, 4.69) is 6.92 Å². The lowest BCUT2D eigenvalue weighted by Gasteiger charge is -2.32. The first-order valence-electron chi connectivity index (χ1n) is 6.42. The Balaban J connectivity index is 2.45. The van der Waals surface area contributed by atoms with Gasteiger partial charge in [-0.3, -0.25) is 0 Å². The quantitative estimate of drug-likeness (QED) is 0.817. The van der Waals surface area contributed by atoms with Crippen LogP contribution in [0.25, 0.3) is 0 Å². The van der Waals surface area contributed by atoms with Gasteiger partial charge < -0.3 is 5.11 Å². The van der Waals surface area contributed by atoms with Gasteiger partial charge in [0.2, 0.25) is 10.0 Å². The SMILES string of the molecule is CC(O)CC(C)CC1CCCN(S(C)(=O)=O)C1. The van der Waals surface area contributed by atoms with Crippen molar-refractivity contribution in [3.05, 3.63) is 0 Å². The van der Waals surface area contributed by atoms with Gasteiger partial charge in [-0.25, -0.2) is 12.7 Å². The Hall–Kier alpha value is -0.130. The summed E-state index contributed by atoms with van der Waals surface area (Å²) in [5.74, 6) is 0.909. The maximum absolute atomic E-state index is 11.5. The molecule has 0 bridgehead atoms. The van der Waals surface area contributed by atoms with Gasteiger partial charge in [-0.15, -0.1) is 0 Å². The zero-order valence-electron chi connectivity index (χ0n) is 11.1. The normalized spacial score (nSPS) is 26.7. The van der Waals surface area contributed by atoms with Crippen LogP contribution in [0.1, 0.15) is 39.5 Å². The van der Waals surface area contributed by atoms with Crippen molar-refractivity contribution >= 4 is 10.0 Å². The summed E-state index contributed by atoms with van der Waals surface area (Å²) in [4.78, 5) is 0. The van der Waals surface area contributed by atoms with Crippen molar-refractivity contribution in [1.82, 2.24) is 4.31 Å². The van der Waals surface area contributed by atoms with E-state index in [-0.39, 0.29) is 6.10 Å². The summed E-state index contributed by atoms with van der Waals surface area (Å²) in [5, 5.41) is 9.33. The fourth-order valence-electron chi connectivity index (χ4n) is 2.77. The van der Waals surface area contributed by atoms with Crippen molar-refractivity contribution in [2.75, 3.05) is 19.3 Å². The smallest absolute Gasteiger partial charge is 0.211 e. The fraction of sp³-hybridized carbons (Fsp3) is 1.00. The lowest BCUT2D eigenvalue weighted by Crippen LogP contribution is -2.39. The Bertz CT molecular complexity index is 327. The van der Waals surface area contributed by atoms with Crippen molar-refractivity contribution in [3.8, 4) is 0 Å². The molecule has 4 nitrogen and oxygen atoms in total. The van der Waals surface area contributed by atoms with Gasteiger partial charge in [0.25, 0.3) is 0 Å². The monoisotopic (exact) mass is 263 g/mol. The lowest BCUT2D eigenvalue weighted by atomic mass is 9.87. The molecule has 0 aromatic rings. The van der Waals surface area contributed by atoms with Crippen LogP contribution in [0.4, 0.5) is 0 Å². The average Bonchev–Trinajstić information content (AvgIpc) is 2.15. The van der Waals surface area contributed by atoms with Crippen molar-refractivity contribution in [2.24, 2.45) is 11.8 Å². The highest BCUT2D eigenvalue weighted by atomic mass is 32.2. The third-order valence-electron chi connectivity index (χ3n) is 3.43. The second-order valence-corrected chi connectivity index (χ2v) is 7.54. The Morgan fingerprint density at radius 3 is 2.59 bits per heavy atom. The number of sulfonamides is 1. The van der Waals surface area contributed by atoms with Crippen LogP contribution in [0.3, 0.4) is 0 Å². The molecule has 1 N–H and O–H groups in total. The van der Waals surface area contributed by atoms with Crippen LogP contribution >= 0.6 is 0 Å². The second kappa shape index (κ2) is 6.16. The molecule has 0 radical (unpaired) electrons. The minimum Gasteiger partial charge on any atom is -0.393 e. The minimum absolute atomic E-state index is 0.264. The highest BCUT2D eigenvalue weighted by molar-refractivity contribution is 7.88. The summed E-state index contributed by atoms with van der Waals surface area (Å²) < 4.78 is 24.6. The second-order valence-electron chi connectivity index (χ2n) is 5.55. The molecule has 0 amide bonds. The average molecular weight is 263 g/mol. The maximum atomic E-state index is 11.5. The number of aliphatic hydroxyl groups is 1. The van der Waals surface area contributed by atoms with Crippen LogP contribution in [-0.2, 0) is 10.0 Å². The molecule has 5 heteroatoms. The van der Waals surface area contributed by atoms with Crippen molar-refractivity contribution in [3.63, 3.8) is 0 Å². The Kier molecular flexibility index (Phi) is 5.41. The molecule has 3 unspecified atom stereocenters. The third-order valence-corrected chi connectivity index (χ3v) is 4.70. The molecule has 1 fully saturated rings. The van der Waals surface area contributed by atoms with E-state index >= 15 is 0 Å². The summed E-state index contributed by atoms with van der Waals surface area (Å²) in [6, 6.07) is 0. The number of rotatable bonds is 5. The molecule has 0 saturated carbocycles. The molecular formula is C12H25NO3S. The van der Waals surface area contributed by atoms with E-state index in [0.29, 0.717) is 24.9 Å². The molecule has 1 heterocycles.